The molecule has 0 saturated carbocycles. The topological polar surface area (TPSA) is 89.9 Å². The molecule has 2 aromatic rings. The summed E-state index contributed by atoms with van der Waals surface area (Å²) in [7, 11) is 0. The van der Waals surface area contributed by atoms with Gasteiger partial charge in [-0.05, 0) is 25.2 Å². The van der Waals surface area contributed by atoms with E-state index in [2.05, 4.69) is 10.2 Å². The molecule has 84 valence electrons. The van der Waals surface area contributed by atoms with Gasteiger partial charge in [0.15, 0.2) is 16.4 Å². The Bertz CT molecular complexity index is 582. The molecule has 0 unspecified atom stereocenters. The average molecular weight is 240 g/mol. The summed E-state index contributed by atoms with van der Waals surface area (Å²) in [5.41, 5.74) is 0. The molecule has 0 radical (unpaired) electrons. The zero-order valence-corrected chi connectivity index (χ0v) is 9.15. The maximum absolute atomic E-state index is 10.5. The number of rotatable bonds is 3. The average Bonchev–Trinajstić information content (AvgIpc) is 2.83. The van der Waals surface area contributed by atoms with Gasteiger partial charge in [-0.25, -0.2) is 0 Å². The Labute approximate surface area is 94.9 Å². The van der Waals surface area contributed by atoms with Crippen molar-refractivity contribution >= 4 is 18.1 Å². The molecule has 0 atom stereocenters. The minimum atomic E-state index is -0.596. The first-order valence-corrected chi connectivity index (χ1v) is 4.94. The summed E-state index contributed by atoms with van der Waals surface area (Å²) in [5, 5.41) is 17.0. The van der Waals surface area contributed by atoms with Crippen molar-refractivity contribution < 1.29 is 9.34 Å². The molecule has 0 spiro atoms. The summed E-state index contributed by atoms with van der Waals surface area (Å²) in [4.78, 5) is 9.87. The fraction of sp³-hybridized carbons (Fsp3) is 0.250. The van der Waals surface area contributed by atoms with E-state index in [1.165, 1.54) is 12.1 Å². The van der Waals surface area contributed by atoms with Crippen molar-refractivity contribution in [2.24, 2.45) is 0 Å². The first-order valence-electron chi connectivity index (χ1n) is 4.53. The number of aromatic nitrogens is 3. The van der Waals surface area contributed by atoms with Crippen molar-refractivity contribution in [3.8, 4) is 11.6 Å². The highest BCUT2D eigenvalue weighted by Crippen LogP contribution is 2.24. The van der Waals surface area contributed by atoms with Crippen LogP contribution in [0.1, 0.15) is 6.92 Å². The van der Waals surface area contributed by atoms with Crippen LogP contribution in [0.4, 0.5) is 5.88 Å². The van der Waals surface area contributed by atoms with Crippen LogP contribution in [-0.2, 0) is 6.54 Å². The predicted octanol–water partition coefficient (Wildman–Crippen LogP) is 2.13. The van der Waals surface area contributed by atoms with Gasteiger partial charge in [0.05, 0.1) is 6.07 Å². The number of hydrogen-bond donors (Lipinski definition) is 1. The van der Waals surface area contributed by atoms with Crippen molar-refractivity contribution in [2.45, 2.75) is 13.5 Å². The maximum atomic E-state index is 10.5. The summed E-state index contributed by atoms with van der Waals surface area (Å²) in [5.74, 6) is 0.466. The van der Waals surface area contributed by atoms with Gasteiger partial charge >= 0.3 is 5.88 Å². The lowest BCUT2D eigenvalue weighted by Gasteiger charge is -1.98. The van der Waals surface area contributed by atoms with Crippen LogP contribution < -0.4 is 0 Å². The zero-order valence-electron chi connectivity index (χ0n) is 8.34. The molecule has 0 aromatic carbocycles. The largest absolute Gasteiger partial charge is 0.433 e. The summed E-state index contributed by atoms with van der Waals surface area (Å²) < 4.78 is 7.19. The zero-order chi connectivity index (χ0) is 11.7. The van der Waals surface area contributed by atoms with Crippen molar-refractivity contribution in [1.82, 2.24) is 14.8 Å². The summed E-state index contributed by atoms with van der Waals surface area (Å²) in [6.45, 7) is 2.51. The number of nitrogens with one attached hydrogen (secondary N) is 1. The van der Waals surface area contributed by atoms with Gasteiger partial charge in [0.25, 0.3) is 0 Å². The molecule has 8 heteroatoms. The van der Waals surface area contributed by atoms with Crippen molar-refractivity contribution in [3.05, 3.63) is 27.0 Å². The molecular formula is C8H8N4O3S. The Hall–Kier alpha value is -1.96. The van der Waals surface area contributed by atoms with E-state index < -0.39 is 4.92 Å². The van der Waals surface area contributed by atoms with Crippen LogP contribution in [0, 0.1) is 14.9 Å². The van der Waals surface area contributed by atoms with E-state index in [0.717, 1.165) is 0 Å². The number of hydrogen-bond acceptors (Lipinski definition) is 5. The third kappa shape index (κ3) is 1.63. The Morgan fingerprint density at radius 1 is 1.69 bits per heavy atom. The highest BCUT2D eigenvalue weighted by Gasteiger charge is 2.17. The lowest BCUT2D eigenvalue weighted by Crippen LogP contribution is -1.96. The molecular weight excluding hydrogens is 232 g/mol. The van der Waals surface area contributed by atoms with Gasteiger partial charge < -0.3 is 4.42 Å². The van der Waals surface area contributed by atoms with E-state index in [4.69, 9.17) is 16.6 Å². The molecule has 0 aliphatic heterocycles. The molecule has 0 aliphatic rings. The van der Waals surface area contributed by atoms with E-state index in [0.29, 0.717) is 22.9 Å². The Kier molecular flexibility index (Phi) is 2.57. The van der Waals surface area contributed by atoms with Crippen LogP contribution in [-0.4, -0.2) is 19.7 Å². The van der Waals surface area contributed by atoms with E-state index in [9.17, 15) is 10.1 Å². The number of aromatic amines is 1. The Morgan fingerprint density at radius 3 is 3.00 bits per heavy atom. The second kappa shape index (κ2) is 3.89. The number of nitrogens with zero attached hydrogens (tertiary/aromatic N) is 3. The Balaban J connectivity index is 2.50. The normalized spacial score (nSPS) is 10.6. The van der Waals surface area contributed by atoms with Crippen molar-refractivity contribution in [2.75, 3.05) is 0 Å². The highest BCUT2D eigenvalue weighted by molar-refractivity contribution is 7.71. The fourth-order valence-electron chi connectivity index (χ4n) is 1.35. The Morgan fingerprint density at radius 2 is 2.44 bits per heavy atom. The lowest BCUT2D eigenvalue weighted by atomic mass is 10.4. The van der Waals surface area contributed by atoms with Gasteiger partial charge in [-0.2, -0.15) is 5.10 Å². The van der Waals surface area contributed by atoms with Crippen LogP contribution >= 0.6 is 12.2 Å². The van der Waals surface area contributed by atoms with Crippen molar-refractivity contribution in [1.29, 1.82) is 0 Å². The molecule has 2 rings (SSSR count). The standard InChI is InChI=1S/C8H8N4O3S/c1-2-11-7(9-10-8(11)16)5-3-4-6(15-5)12(13)14/h3-4H,2H2,1H3,(H,10,16). The minimum absolute atomic E-state index is 0.313. The van der Waals surface area contributed by atoms with E-state index in [1.54, 1.807) is 4.57 Å². The van der Waals surface area contributed by atoms with Crippen molar-refractivity contribution in [3.63, 3.8) is 0 Å². The maximum Gasteiger partial charge on any atom is 0.433 e. The fourth-order valence-corrected chi connectivity index (χ4v) is 1.61. The van der Waals surface area contributed by atoms with Crippen LogP contribution in [0.15, 0.2) is 16.5 Å². The van der Waals surface area contributed by atoms with Gasteiger partial charge in [0, 0.05) is 6.54 Å². The minimum Gasteiger partial charge on any atom is -0.397 e. The second-order valence-electron chi connectivity index (χ2n) is 2.99. The van der Waals surface area contributed by atoms with Crippen LogP contribution in [0.3, 0.4) is 0 Å². The molecule has 2 heterocycles. The molecule has 0 saturated heterocycles. The highest BCUT2D eigenvalue weighted by atomic mass is 32.1. The summed E-state index contributed by atoms with van der Waals surface area (Å²) in [6.07, 6.45) is 0. The van der Waals surface area contributed by atoms with Gasteiger partial charge in [0.2, 0.25) is 0 Å². The summed E-state index contributed by atoms with van der Waals surface area (Å²) >= 11 is 5.00. The van der Waals surface area contributed by atoms with Crippen LogP contribution in [0.2, 0.25) is 0 Å². The van der Waals surface area contributed by atoms with E-state index >= 15 is 0 Å². The molecule has 7 nitrogen and oxygen atoms in total. The van der Waals surface area contributed by atoms with Gasteiger partial charge in [0.1, 0.15) is 4.92 Å². The third-order valence-electron chi connectivity index (χ3n) is 2.07. The van der Waals surface area contributed by atoms with Crippen LogP contribution in [0.5, 0.6) is 0 Å². The molecule has 1 N–H and O–H groups in total. The monoisotopic (exact) mass is 240 g/mol. The van der Waals surface area contributed by atoms with Gasteiger partial charge in [-0.3, -0.25) is 19.8 Å². The number of furan rings is 1. The molecule has 0 bridgehead atoms. The van der Waals surface area contributed by atoms with E-state index in [-0.39, 0.29) is 5.88 Å². The second-order valence-corrected chi connectivity index (χ2v) is 3.38. The van der Waals surface area contributed by atoms with E-state index in [1.807, 2.05) is 6.92 Å². The first-order chi connectivity index (χ1) is 7.63. The molecule has 2 aromatic heterocycles. The smallest absolute Gasteiger partial charge is 0.397 e. The quantitative estimate of drug-likeness (QED) is 0.504. The lowest BCUT2D eigenvalue weighted by molar-refractivity contribution is -0.401. The summed E-state index contributed by atoms with van der Waals surface area (Å²) in [6, 6.07) is 2.78. The number of H-pyrrole nitrogens is 1. The third-order valence-corrected chi connectivity index (χ3v) is 2.38. The first kappa shape index (κ1) is 10.6. The van der Waals surface area contributed by atoms with Crippen LogP contribution in [0.25, 0.3) is 11.6 Å². The predicted molar refractivity (Wildman–Crippen MR) is 57.4 cm³/mol. The number of nitro groups is 1. The molecule has 0 amide bonds. The van der Waals surface area contributed by atoms with Gasteiger partial charge in [-0.1, -0.05) is 0 Å². The molecule has 16 heavy (non-hydrogen) atoms. The molecule has 0 aliphatic carbocycles. The van der Waals surface area contributed by atoms with Gasteiger partial charge in [-0.15, -0.1) is 0 Å². The molecule has 0 fully saturated rings. The SMILES string of the molecule is CCn1c(-c2ccc([N+](=O)[O-])o2)n[nH]c1=S.